The fourth-order valence-corrected chi connectivity index (χ4v) is 13.6. The summed E-state index contributed by atoms with van der Waals surface area (Å²) in [5.74, 6) is 0.277. The number of nitrogens with one attached hydrogen (secondary N) is 3. The van der Waals surface area contributed by atoms with Crippen LogP contribution in [0.3, 0.4) is 0 Å². The Labute approximate surface area is 499 Å². The number of pyridine rings is 2. The summed E-state index contributed by atoms with van der Waals surface area (Å²) in [5.41, 5.74) is 14.1. The summed E-state index contributed by atoms with van der Waals surface area (Å²) in [5, 5.41) is 31.1. The number of nitrogens with zero attached hydrogens (tertiary/aromatic N) is 10. The Hall–Kier alpha value is -8.32. The molecule has 0 spiro atoms. The summed E-state index contributed by atoms with van der Waals surface area (Å²) in [7, 11) is 7.39. The Morgan fingerprint density at radius 3 is 1.95 bits per heavy atom. The van der Waals surface area contributed by atoms with Crippen molar-refractivity contribution in [3.8, 4) is 68.0 Å². The number of methoxy groups -OCH3 is 2. The van der Waals surface area contributed by atoms with Crippen molar-refractivity contribution in [2.45, 2.75) is 108 Å². The molecule has 7 aromatic rings. The summed E-state index contributed by atoms with van der Waals surface area (Å²) in [4.78, 5) is 39.5. The third-order valence-electron chi connectivity index (χ3n) is 17.8. The van der Waals surface area contributed by atoms with E-state index in [9.17, 15) is 15.3 Å². The van der Waals surface area contributed by atoms with Gasteiger partial charge in [0.1, 0.15) is 12.1 Å². The standard InChI is InChI=1S/C69H75N13O3/c1-45(83)73-67-54(41-71)39-59(64(77-67)50-21-19-46(20-22-50)42-79-33-29-55(30-34-79)81-62-17-11-9-15-60(62)74-68(81)84-4)49-25-23-48(24-26-49)57-37-51(65-58(47-13-7-6-8-14-47)38-53(40-70)66(76-65)72-44-78(2)3)27-28-52(57)43-80-35-31-56(32-36-80)82-63-18-12-10-16-61(63)75-69(82)85-5/h6-9,11,13-15,17,19-28,37-39,44,55-56,61,63,68-69,74-75H,10,12,16,18,29-36,42-43H2,1-5H3,(H,73,77,83). The molecule has 6 heterocycles. The van der Waals surface area contributed by atoms with E-state index in [1.165, 1.54) is 49.4 Å². The molecule has 2 aromatic heterocycles. The van der Waals surface area contributed by atoms with E-state index in [-0.39, 0.29) is 30.0 Å². The number of rotatable bonds is 16. The fraction of sp³-hybridized carbons (Fsp3) is 0.362. The minimum atomic E-state index is -0.303. The van der Waals surface area contributed by atoms with Crippen LogP contribution in [0.1, 0.15) is 80.5 Å². The Morgan fingerprint density at radius 1 is 0.671 bits per heavy atom. The van der Waals surface area contributed by atoms with Crippen LogP contribution in [-0.2, 0) is 27.4 Å². The lowest BCUT2D eigenvalue weighted by molar-refractivity contribution is -0.114. The molecule has 4 unspecified atom stereocenters. The number of para-hydroxylation sites is 2. The number of carbonyl (C=O) groups is 1. The van der Waals surface area contributed by atoms with Crippen molar-refractivity contribution in [3.63, 3.8) is 0 Å². The average molecular weight is 1130 g/mol. The first-order valence-electron chi connectivity index (χ1n) is 30.0. The predicted molar refractivity (Wildman–Crippen MR) is 337 cm³/mol. The second-order valence-electron chi connectivity index (χ2n) is 23.5. The highest BCUT2D eigenvalue weighted by molar-refractivity contribution is 5.92. The molecular weight excluding hydrogens is 1060 g/mol. The Kier molecular flexibility index (Phi) is 17.1. The van der Waals surface area contributed by atoms with Crippen molar-refractivity contribution in [1.29, 1.82) is 10.5 Å². The van der Waals surface area contributed by atoms with Gasteiger partial charge >= 0.3 is 0 Å². The monoisotopic (exact) mass is 1130 g/mol. The molecule has 12 rings (SSSR count). The molecule has 1 amide bonds. The number of nitriles is 2. The lowest BCUT2D eigenvalue weighted by Crippen LogP contribution is -2.52. The minimum Gasteiger partial charge on any atom is -0.369 e. The number of benzene rings is 5. The number of likely N-dealkylation sites (tertiary alicyclic amines) is 2. The van der Waals surface area contributed by atoms with E-state index in [1.807, 2.05) is 56.4 Å². The second-order valence-corrected chi connectivity index (χ2v) is 23.5. The van der Waals surface area contributed by atoms with Gasteiger partial charge in [0.15, 0.2) is 18.0 Å². The molecule has 3 saturated heterocycles. The van der Waals surface area contributed by atoms with Gasteiger partial charge in [-0.25, -0.2) is 15.0 Å². The number of piperidine rings is 2. The number of aliphatic imine (C=N–C) groups is 1. The molecule has 434 valence electrons. The first kappa shape index (κ1) is 57.1. The van der Waals surface area contributed by atoms with Crippen LogP contribution in [0.4, 0.5) is 23.0 Å². The van der Waals surface area contributed by atoms with Gasteiger partial charge < -0.3 is 29.9 Å². The van der Waals surface area contributed by atoms with Gasteiger partial charge in [0.2, 0.25) is 12.3 Å². The minimum absolute atomic E-state index is 0.0422. The molecular formula is C69H75N13O3. The SMILES string of the molecule is COC1Nc2ccccc2N1C1CCN(Cc2ccc(-c3nc(NC(C)=O)c(C#N)cc3-c3ccc(-c4cc(-c5nc(N=CN(C)C)c(C#N)cc5-c5ccccc5)ccc4CN4CCC(N5C(OC)NC6CCCCC65)CC4)cc3)cc2)CC1. The third-order valence-corrected chi connectivity index (χ3v) is 17.8. The van der Waals surface area contributed by atoms with Gasteiger partial charge in [-0.05, 0) is 115 Å². The number of amides is 1. The summed E-state index contributed by atoms with van der Waals surface area (Å²) >= 11 is 0. The summed E-state index contributed by atoms with van der Waals surface area (Å²) in [6.45, 7) is 6.86. The molecule has 5 aliphatic rings. The third kappa shape index (κ3) is 12.2. The molecule has 16 heteroatoms. The van der Waals surface area contributed by atoms with Crippen molar-refractivity contribution >= 4 is 35.3 Å². The fourth-order valence-electron chi connectivity index (χ4n) is 13.6. The van der Waals surface area contributed by atoms with E-state index in [2.05, 4.69) is 156 Å². The Balaban J connectivity index is 0.857. The molecule has 0 bridgehead atoms. The zero-order valence-corrected chi connectivity index (χ0v) is 49.3. The summed E-state index contributed by atoms with van der Waals surface area (Å²) in [6, 6.07) is 52.5. The van der Waals surface area contributed by atoms with E-state index in [0.717, 1.165) is 121 Å². The van der Waals surface area contributed by atoms with Crippen molar-refractivity contribution in [1.82, 2.24) is 34.9 Å². The topological polar surface area (TPSA) is 174 Å². The van der Waals surface area contributed by atoms with E-state index >= 15 is 0 Å². The molecule has 3 N–H and O–H groups in total. The number of anilines is 3. The van der Waals surface area contributed by atoms with Crippen LogP contribution in [0.5, 0.6) is 0 Å². The first-order chi connectivity index (χ1) is 41.6. The van der Waals surface area contributed by atoms with Gasteiger partial charge in [-0.15, -0.1) is 0 Å². The highest BCUT2D eigenvalue weighted by Gasteiger charge is 2.45. The number of fused-ring (bicyclic) bond motifs is 2. The lowest BCUT2D eigenvalue weighted by Gasteiger charge is -2.42. The second kappa shape index (κ2) is 25.5. The van der Waals surface area contributed by atoms with Crippen LogP contribution in [0.25, 0.3) is 55.9 Å². The van der Waals surface area contributed by atoms with Crippen molar-refractivity contribution in [2.24, 2.45) is 4.99 Å². The van der Waals surface area contributed by atoms with Crippen molar-refractivity contribution in [3.05, 3.63) is 156 Å². The van der Waals surface area contributed by atoms with Crippen molar-refractivity contribution < 1.29 is 14.3 Å². The molecule has 1 aliphatic carbocycles. The van der Waals surface area contributed by atoms with E-state index < -0.39 is 0 Å². The number of ether oxygens (including phenoxy) is 2. The molecule has 0 radical (unpaired) electrons. The van der Waals surface area contributed by atoms with Crippen molar-refractivity contribution in [2.75, 3.05) is 70.0 Å². The maximum atomic E-state index is 12.6. The van der Waals surface area contributed by atoms with Crippen LogP contribution in [0.15, 0.2) is 138 Å². The predicted octanol–water partition coefficient (Wildman–Crippen LogP) is 11.7. The Morgan fingerprint density at radius 2 is 1.27 bits per heavy atom. The highest BCUT2D eigenvalue weighted by atomic mass is 16.5. The van der Waals surface area contributed by atoms with Crippen LogP contribution in [0.2, 0.25) is 0 Å². The number of carbonyl (C=O) groups excluding carboxylic acids is 1. The van der Waals surface area contributed by atoms with Gasteiger partial charge in [0.25, 0.3) is 0 Å². The zero-order chi connectivity index (χ0) is 58.6. The van der Waals surface area contributed by atoms with Gasteiger partial charge in [-0.2, -0.15) is 10.5 Å². The molecule has 4 aliphatic heterocycles. The van der Waals surface area contributed by atoms with Gasteiger partial charge in [-0.1, -0.05) is 116 Å². The summed E-state index contributed by atoms with van der Waals surface area (Å²) in [6.07, 6.45) is 10.6. The average Bonchev–Trinajstić information content (AvgIpc) is 4.21. The molecule has 85 heavy (non-hydrogen) atoms. The summed E-state index contributed by atoms with van der Waals surface area (Å²) < 4.78 is 11.9. The smallest absolute Gasteiger partial charge is 0.222 e. The van der Waals surface area contributed by atoms with Crippen LogP contribution in [0, 0.1) is 22.7 Å². The molecule has 4 atom stereocenters. The largest absolute Gasteiger partial charge is 0.369 e. The molecule has 5 aromatic carbocycles. The quantitative estimate of drug-likeness (QED) is 0.0616. The normalized spacial score (nSPS) is 20.4. The first-order valence-corrected chi connectivity index (χ1v) is 30.0. The molecule has 4 fully saturated rings. The van der Waals surface area contributed by atoms with E-state index in [0.29, 0.717) is 41.2 Å². The van der Waals surface area contributed by atoms with Gasteiger partial charge in [0.05, 0.1) is 40.2 Å². The van der Waals surface area contributed by atoms with Crippen LogP contribution in [-0.4, -0.2) is 133 Å². The highest BCUT2D eigenvalue weighted by Crippen LogP contribution is 2.42. The zero-order valence-electron chi connectivity index (χ0n) is 49.3. The maximum absolute atomic E-state index is 12.6. The van der Waals surface area contributed by atoms with Crippen LogP contribution < -0.4 is 20.9 Å². The Bertz CT molecular complexity index is 3640. The lowest BCUT2D eigenvalue weighted by atomic mass is 9.89. The number of aromatic nitrogens is 2. The molecule has 1 saturated carbocycles. The van der Waals surface area contributed by atoms with Gasteiger partial charge in [0, 0.05) is 108 Å². The maximum Gasteiger partial charge on any atom is 0.222 e. The molecule has 16 nitrogen and oxygen atoms in total. The number of hydrogen-bond acceptors (Lipinski definition) is 14. The van der Waals surface area contributed by atoms with E-state index in [4.69, 9.17) is 19.4 Å². The van der Waals surface area contributed by atoms with E-state index in [1.54, 1.807) is 13.4 Å². The van der Waals surface area contributed by atoms with Gasteiger partial charge in [-0.3, -0.25) is 24.8 Å². The number of hydrogen-bond donors (Lipinski definition) is 3. The van der Waals surface area contributed by atoms with Crippen LogP contribution >= 0.6 is 0 Å².